The van der Waals surface area contributed by atoms with Gasteiger partial charge in [-0.3, -0.25) is 9.59 Å². The lowest BCUT2D eigenvalue weighted by molar-refractivity contribution is -0.862. The highest BCUT2D eigenvalue weighted by atomic mass is 35.5. The normalized spacial score (nSPS) is 11.8. The number of anilines is 1. The summed E-state index contributed by atoms with van der Waals surface area (Å²) >= 11 is 5.63. The Morgan fingerprint density at radius 2 is 2.00 bits per heavy atom. The first kappa shape index (κ1) is 16.4. The van der Waals surface area contributed by atoms with Crippen molar-refractivity contribution in [3.8, 4) is 0 Å². The summed E-state index contributed by atoms with van der Waals surface area (Å²) < 4.78 is 13.0. The average molecular weight is 303 g/mol. The first-order valence-corrected chi connectivity index (χ1v) is 6.43. The Morgan fingerprint density at radius 1 is 1.35 bits per heavy atom. The minimum Gasteiger partial charge on any atom is -0.344 e. The second-order valence-corrected chi connectivity index (χ2v) is 5.18. The van der Waals surface area contributed by atoms with E-state index in [0.717, 1.165) is 4.90 Å². The summed E-state index contributed by atoms with van der Waals surface area (Å²) in [6.07, 6.45) is 0. The highest BCUT2D eigenvalue weighted by Crippen LogP contribution is 2.18. The van der Waals surface area contributed by atoms with E-state index in [9.17, 15) is 14.0 Å². The number of nitrogens with zero attached hydrogens (tertiary/aromatic N) is 1. The lowest BCUT2D eigenvalue weighted by Crippen LogP contribution is -3.11. The second-order valence-electron chi connectivity index (χ2n) is 4.78. The summed E-state index contributed by atoms with van der Waals surface area (Å²) in [5.41, 5.74) is 0.424. The van der Waals surface area contributed by atoms with Crippen molar-refractivity contribution in [2.45, 2.75) is 0 Å². The van der Waals surface area contributed by atoms with Crippen LogP contribution < -0.4 is 10.2 Å². The number of likely N-dealkylation sites (N-methyl/N-ethyl adjacent to an activating group) is 2. The molecule has 7 heteroatoms. The first-order chi connectivity index (χ1) is 9.29. The maximum atomic E-state index is 13.0. The summed E-state index contributed by atoms with van der Waals surface area (Å²) in [7, 11) is 5.07. The monoisotopic (exact) mass is 302 g/mol. The highest BCUT2D eigenvalue weighted by Gasteiger charge is 2.15. The Labute approximate surface area is 122 Å². The van der Waals surface area contributed by atoms with Gasteiger partial charge in [0.2, 0.25) is 0 Å². The predicted molar refractivity (Wildman–Crippen MR) is 75.4 cm³/mol. The fraction of sp³-hybridized carbons (Fsp3) is 0.385. The van der Waals surface area contributed by atoms with Crippen molar-refractivity contribution in [2.24, 2.45) is 0 Å². The van der Waals surface area contributed by atoms with Crippen LogP contribution in [0, 0.1) is 5.82 Å². The molecule has 0 aliphatic heterocycles. The van der Waals surface area contributed by atoms with Crippen LogP contribution in [0.2, 0.25) is 5.02 Å². The number of rotatable bonds is 5. The number of hydrogen-bond acceptors (Lipinski definition) is 2. The van der Waals surface area contributed by atoms with Crippen molar-refractivity contribution >= 4 is 29.1 Å². The van der Waals surface area contributed by atoms with Crippen molar-refractivity contribution in [2.75, 3.05) is 39.5 Å². The summed E-state index contributed by atoms with van der Waals surface area (Å²) in [5.74, 6) is -0.860. The number of carbonyl (C=O) groups excluding carboxylic acids is 2. The molecule has 1 aromatic carbocycles. The number of nitrogens with one attached hydrogen (secondary N) is 2. The van der Waals surface area contributed by atoms with Crippen LogP contribution in [-0.4, -0.2) is 50.9 Å². The zero-order valence-electron chi connectivity index (χ0n) is 11.7. The number of halogens is 2. The Kier molecular flexibility index (Phi) is 5.91. The summed E-state index contributed by atoms with van der Waals surface area (Å²) in [6, 6.07) is 3.96. The molecule has 0 spiro atoms. The summed E-state index contributed by atoms with van der Waals surface area (Å²) in [6.45, 7) is 0.360. The third-order valence-electron chi connectivity index (χ3n) is 2.62. The first-order valence-electron chi connectivity index (χ1n) is 6.06. The van der Waals surface area contributed by atoms with Gasteiger partial charge in [-0.05, 0) is 18.2 Å². The molecular formula is C13H18ClFN3O2+. The van der Waals surface area contributed by atoms with Gasteiger partial charge < -0.3 is 15.1 Å². The Bertz CT molecular complexity index is 508. The molecule has 0 aliphatic carbocycles. The summed E-state index contributed by atoms with van der Waals surface area (Å²) in [5, 5.41) is 2.56. The van der Waals surface area contributed by atoms with E-state index in [1.54, 1.807) is 21.1 Å². The van der Waals surface area contributed by atoms with Gasteiger partial charge in [-0.2, -0.15) is 0 Å². The highest BCUT2D eigenvalue weighted by molar-refractivity contribution is 6.31. The number of hydrogen-bond donors (Lipinski definition) is 2. The SMILES string of the molecule is CN(C)C(=O)C[NH+](C)CC(=O)Nc1ccc(F)c(Cl)c1. The summed E-state index contributed by atoms with van der Waals surface area (Å²) in [4.78, 5) is 25.5. The number of amides is 2. The molecule has 1 rings (SSSR count). The van der Waals surface area contributed by atoms with Crippen LogP contribution in [0.5, 0.6) is 0 Å². The van der Waals surface area contributed by atoms with Crippen LogP contribution in [0.4, 0.5) is 10.1 Å². The number of quaternary nitrogens is 1. The van der Waals surface area contributed by atoms with E-state index in [-0.39, 0.29) is 29.9 Å². The number of benzene rings is 1. The molecule has 1 unspecified atom stereocenters. The van der Waals surface area contributed by atoms with Crippen LogP contribution in [0.3, 0.4) is 0 Å². The van der Waals surface area contributed by atoms with E-state index < -0.39 is 5.82 Å². The topological polar surface area (TPSA) is 53.9 Å². The van der Waals surface area contributed by atoms with Crippen molar-refractivity contribution in [1.82, 2.24) is 4.90 Å². The molecule has 2 amide bonds. The van der Waals surface area contributed by atoms with Crippen LogP contribution in [-0.2, 0) is 9.59 Å². The van der Waals surface area contributed by atoms with Crippen LogP contribution in [0.15, 0.2) is 18.2 Å². The molecule has 0 bridgehead atoms. The van der Waals surface area contributed by atoms with Gasteiger partial charge >= 0.3 is 0 Å². The molecular weight excluding hydrogens is 285 g/mol. The zero-order valence-corrected chi connectivity index (χ0v) is 12.4. The minimum absolute atomic E-state index is 0.0497. The van der Waals surface area contributed by atoms with E-state index in [4.69, 9.17) is 11.6 Å². The quantitative estimate of drug-likeness (QED) is 0.806. The molecule has 0 aliphatic rings. The van der Waals surface area contributed by atoms with E-state index in [1.807, 2.05) is 0 Å². The van der Waals surface area contributed by atoms with E-state index >= 15 is 0 Å². The average Bonchev–Trinajstić information content (AvgIpc) is 2.33. The fourth-order valence-electron chi connectivity index (χ4n) is 1.53. The zero-order chi connectivity index (χ0) is 15.3. The molecule has 20 heavy (non-hydrogen) atoms. The Hall–Kier alpha value is -1.66. The fourth-order valence-corrected chi connectivity index (χ4v) is 1.71. The van der Waals surface area contributed by atoms with Crippen molar-refractivity contribution in [3.63, 3.8) is 0 Å². The van der Waals surface area contributed by atoms with Gasteiger partial charge in [0.15, 0.2) is 13.1 Å². The molecule has 5 nitrogen and oxygen atoms in total. The maximum Gasteiger partial charge on any atom is 0.279 e. The van der Waals surface area contributed by atoms with Gasteiger partial charge in [-0.25, -0.2) is 4.39 Å². The molecule has 1 aromatic rings. The van der Waals surface area contributed by atoms with Crippen LogP contribution in [0.25, 0.3) is 0 Å². The molecule has 0 saturated heterocycles. The predicted octanol–water partition coefficient (Wildman–Crippen LogP) is 0.0205. The third kappa shape index (κ3) is 5.14. The van der Waals surface area contributed by atoms with Gasteiger partial charge in [0.25, 0.3) is 11.8 Å². The lowest BCUT2D eigenvalue weighted by Gasteiger charge is -2.16. The van der Waals surface area contributed by atoms with Gasteiger partial charge in [0, 0.05) is 19.8 Å². The largest absolute Gasteiger partial charge is 0.344 e. The van der Waals surface area contributed by atoms with Crippen molar-refractivity contribution < 1.29 is 18.9 Å². The van der Waals surface area contributed by atoms with E-state index in [0.29, 0.717) is 5.69 Å². The molecule has 0 fully saturated rings. The molecule has 0 saturated carbocycles. The Morgan fingerprint density at radius 3 is 2.55 bits per heavy atom. The maximum absolute atomic E-state index is 13.0. The van der Waals surface area contributed by atoms with Gasteiger partial charge in [0.1, 0.15) is 5.82 Å². The van der Waals surface area contributed by atoms with Crippen molar-refractivity contribution in [1.29, 1.82) is 0 Å². The molecule has 110 valence electrons. The van der Waals surface area contributed by atoms with Crippen molar-refractivity contribution in [3.05, 3.63) is 29.0 Å². The molecule has 0 aromatic heterocycles. The Balaban J connectivity index is 2.50. The minimum atomic E-state index is -0.538. The molecule has 0 radical (unpaired) electrons. The van der Waals surface area contributed by atoms with E-state index in [1.165, 1.54) is 23.1 Å². The number of carbonyl (C=O) groups is 2. The molecule has 2 N–H and O–H groups in total. The van der Waals surface area contributed by atoms with Crippen LogP contribution in [0.1, 0.15) is 0 Å². The second kappa shape index (κ2) is 7.21. The standard InChI is InChI=1S/C13H17ClFN3O2/c1-17(2)13(20)8-18(3)7-12(19)16-9-4-5-11(15)10(14)6-9/h4-6H,7-8H2,1-3H3,(H,16,19)/p+1. The lowest BCUT2D eigenvalue weighted by atomic mass is 10.3. The smallest absolute Gasteiger partial charge is 0.279 e. The van der Waals surface area contributed by atoms with E-state index in [2.05, 4.69) is 5.32 Å². The van der Waals surface area contributed by atoms with Gasteiger partial charge in [0.05, 0.1) is 12.1 Å². The molecule has 0 heterocycles. The van der Waals surface area contributed by atoms with Gasteiger partial charge in [-0.15, -0.1) is 0 Å². The van der Waals surface area contributed by atoms with Gasteiger partial charge in [-0.1, -0.05) is 11.6 Å². The van der Waals surface area contributed by atoms with Crippen LogP contribution >= 0.6 is 11.6 Å². The third-order valence-corrected chi connectivity index (χ3v) is 2.91. The molecule has 1 atom stereocenters.